The van der Waals surface area contributed by atoms with Crippen molar-refractivity contribution < 1.29 is 62.6 Å². The van der Waals surface area contributed by atoms with E-state index in [4.69, 9.17) is 10.2 Å². The standard InChI is InChI=1S/C10H11NO9S2.Li/c12-9(13)7-2-1-6(5-8(7)10(14)15)22-19-17-11-3-4-21-20-18-16;/h1-2,5,11,16H,3-4H2,(H,12,13)(H,14,15);/q;+1/p-1. The minimum atomic E-state index is -1.36. The van der Waals surface area contributed by atoms with Gasteiger partial charge < -0.3 is 15.5 Å². The van der Waals surface area contributed by atoms with E-state index in [2.05, 4.69) is 24.2 Å². The molecule has 0 amide bonds. The van der Waals surface area contributed by atoms with Gasteiger partial charge in [0, 0.05) is 29.2 Å². The van der Waals surface area contributed by atoms with E-state index < -0.39 is 11.9 Å². The van der Waals surface area contributed by atoms with E-state index in [0.717, 1.165) is 24.2 Å². The number of aromatic carboxylic acids is 2. The van der Waals surface area contributed by atoms with Crippen molar-refractivity contribution >= 4 is 36.0 Å². The number of nitrogens with one attached hydrogen (secondary N) is 1. The fraction of sp³-hybridized carbons (Fsp3) is 0.200. The van der Waals surface area contributed by atoms with Crippen LogP contribution in [0.3, 0.4) is 0 Å². The first kappa shape index (κ1) is 22.2. The molecule has 0 unspecified atom stereocenters. The Balaban J connectivity index is 0.00000484. The maximum Gasteiger partial charge on any atom is 1.00 e. The van der Waals surface area contributed by atoms with Gasteiger partial charge in [-0.2, -0.15) is 9.81 Å². The maximum absolute atomic E-state index is 11.0. The Kier molecular flexibility index (Phi) is 12.2. The smallest absolute Gasteiger partial charge is 0.691 e. The van der Waals surface area contributed by atoms with Gasteiger partial charge >= 0.3 is 30.8 Å². The number of carboxylic acid groups (broad SMARTS) is 2. The predicted molar refractivity (Wildman–Crippen MR) is 71.0 cm³/mol. The van der Waals surface area contributed by atoms with Crippen LogP contribution in [-0.4, -0.2) is 34.4 Å². The number of carboxylic acids is 2. The van der Waals surface area contributed by atoms with E-state index in [9.17, 15) is 14.8 Å². The second kappa shape index (κ2) is 12.6. The van der Waals surface area contributed by atoms with Gasteiger partial charge in [0.1, 0.15) is 0 Å². The SMILES string of the molecule is O=C(O)c1ccc(SOONCCSOO[O-])cc1C(=O)O.[Li+]. The first-order valence-corrected chi connectivity index (χ1v) is 7.13. The van der Waals surface area contributed by atoms with Crippen LogP contribution in [-0.2, 0) is 18.7 Å². The summed E-state index contributed by atoms with van der Waals surface area (Å²) in [4.78, 5) is 26.7. The molecule has 0 aliphatic carbocycles. The molecule has 1 rings (SSSR count). The predicted octanol–water partition coefficient (Wildman–Crippen LogP) is -2.58. The van der Waals surface area contributed by atoms with E-state index in [-0.39, 0.29) is 36.5 Å². The minimum absolute atomic E-state index is 0. The zero-order chi connectivity index (χ0) is 16.4. The molecule has 0 spiro atoms. The summed E-state index contributed by atoms with van der Waals surface area (Å²) in [5, 5.41) is 30.4. The van der Waals surface area contributed by atoms with Gasteiger partial charge in [0.2, 0.25) is 0 Å². The number of hydrogen-bond acceptors (Lipinski definition) is 10. The molecule has 0 saturated heterocycles. The Hall–Kier alpha value is -0.783. The summed E-state index contributed by atoms with van der Waals surface area (Å²) in [7, 11) is 0. The number of carbonyl (C=O) groups is 2. The summed E-state index contributed by atoms with van der Waals surface area (Å²) in [6, 6.07) is 3.68. The third kappa shape index (κ3) is 8.58. The minimum Gasteiger partial charge on any atom is -0.691 e. The van der Waals surface area contributed by atoms with Crippen molar-refractivity contribution in [2.75, 3.05) is 12.3 Å². The second-order valence-electron chi connectivity index (χ2n) is 3.40. The Morgan fingerprint density at radius 3 is 2.48 bits per heavy atom. The van der Waals surface area contributed by atoms with Crippen molar-refractivity contribution in [3.63, 3.8) is 0 Å². The van der Waals surface area contributed by atoms with E-state index in [0.29, 0.717) is 22.7 Å². The molecule has 23 heavy (non-hydrogen) atoms. The van der Waals surface area contributed by atoms with Crippen LogP contribution in [0.5, 0.6) is 0 Å². The summed E-state index contributed by atoms with van der Waals surface area (Å²) < 4.78 is 8.67. The molecule has 3 N–H and O–H groups in total. The Bertz CT molecular complexity index is 519. The van der Waals surface area contributed by atoms with Crippen molar-refractivity contribution in [2.24, 2.45) is 0 Å². The number of hydroxylamine groups is 1. The van der Waals surface area contributed by atoms with Crippen LogP contribution in [0.1, 0.15) is 20.7 Å². The van der Waals surface area contributed by atoms with Crippen LogP contribution in [0, 0.1) is 0 Å². The molecule has 1 aromatic carbocycles. The molecule has 0 atom stereocenters. The van der Waals surface area contributed by atoms with Crippen molar-refractivity contribution in [2.45, 2.75) is 4.90 Å². The molecule has 0 bridgehead atoms. The maximum atomic E-state index is 11.0. The Morgan fingerprint density at radius 2 is 1.87 bits per heavy atom. The molecule has 0 aliphatic rings. The first-order chi connectivity index (χ1) is 10.6. The topological polar surface area (TPSA) is 147 Å². The van der Waals surface area contributed by atoms with Gasteiger partial charge in [-0.25, -0.2) is 9.59 Å². The molecule has 10 nitrogen and oxygen atoms in total. The van der Waals surface area contributed by atoms with Gasteiger partial charge in [-0.1, -0.05) is 0 Å². The van der Waals surface area contributed by atoms with Crippen molar-refractivity contribution in [1.29, 1.82) is 0 Å². The fourth-order valence-electron chi connectivity index (χ4n) is 1.20. The molecular formula is C10H10LiNO9S2. The molecule has 0 aromatic heterocycles. The van der Waals surface area contributed by atoms with E-state index >= 15 is 0 Å². The van der Waals surface area contributed by atoms with Gasteiger partial charge in [-0.05, 0) is 18.2 Å². The normalized spacial score (nSPS) is 10.1. The Labute approximate surface area is 150 Å². The van der Waals surface area contributed by atoms with Gasteiger partial charge in [-0.3, -0.25) is 5.04 Å². The monoisotopic (exact) mass is 359 g/mol. The zero-order valence-corrected chi connectivity index (χ0v) is 13.3. The zero-order valence-electron chi connectivity index (χ0n) is 11.7. The van der Waals surface area contributed by atoms with Crippen molar-refractivity contribution in [3.05, 3.63) is 29.3 Å². The van der Waals surface area contributed by atoms with Crippen molar-refractivity contribution in [3.8, 4) is 0 Å². The summed E-state index contributed by atoms with van der Waals surface area (Å²) in [6.45, 7) is 0.271. The van der Waals surface area contributed by atoms with Crippen LogP contribution in [0.2, 0.25) is 0 Å². The Morgan fingerprint density at radius 1 is 1.17 bits per heavy atom. The van der Waals surface area contributed by atoms with Crippen LogP contribution in [0.15, 0.2) is 23.1 Å². The first-order valence-electron chi connectivity index (χ1n) is 5.48. The van der Waals surface area contributed by atoms with E-state index in [1.54, 1.807) is 0 Å². The third-order valence-electron chi connectivity index (χ3n) is 2.04. The van der Waals surface area contributed by atoms with Crippen LogP contribution in [0.4, 0.5) is 0 Å². The molecule has 0 fully saturated rings. The van der Waals surface area contributed by atoms with E-state index in [1.165, 1.54) is 6.07 Å². The number of hydrogen-bond donors (Lipinski definition) is 3. The molecule has 1 aromatic rings. The molecule has 0 radical (unpaired) electrons. The summed E-state index contributed by atoms with van der Waals surface area (Å²) in [5.74, 6) is -2.36. The number of rotatable bonds is 11. The van der Waals surface area contributed by atoms with Crippen LogP contribution in [0.25, 0.3) is 0 Å². The molecule has 0 saturated carbocycles. The number of benzene rings is 1. The van der Waals surface area contributed by atoms with Gasteiger partial charge in [0.25, 0.3) is 0 Å². The second-order valence-corrected chi connectivity index (χ2v) is 4.96. The fourth-order valence-corrected chi connectivity index (χ4v) is 1.92. The molecular weight excluding hydrogens is 349 g/mol. The summed E-state index contributed by atoms with van der Waals surface area (Å²) in [5.41, 5.74) is 1.68. The molecule has 0 aliphatic heterocycles. The third-order valence-corrected chi connectivity index (χ3v) is 3.14. The molecule has 13 heteroatoms. The van der Waals surface area contributed by atoms with Crippen LogP contribution < -0.4 is 29.6 Å². The van der Waals surface area contributed by atoms with Gasteiger partial charge in [0.05, 0.1) is 23.2 Å². The van der Waals surface area contributed by atoms with Gasteiger partial charge in [0.15, 0.2) is 0 Å². The molecule has 0 heterocycles. The van der Waals surface area contributed by atoms with Crippen LogP contribution >= 0.6 is 24.1 Å². The molecule has 122 valence electrons. The van der Waals surface area contributed by atoms with E-state index in [1.807, 2.05) is 0 Å². The average Bonchev–Trinajstić information content (AvgIpc) is 2.49. The van der Waals surface area contributed by atoms with Crippen molar-refractivity contribution in [1.82, 2.24) is 5.48 Å². The largest absolute Gasteiger partial charge is 1.00 e. The quantitative estimate of drug-likeness (QED) is 0.125. The van der Waals surface area contributed by atoms with Gasteiger partial charge in [-0.15, -0.1) is 9.32 Å². The summed E-state index contributed by atoms with van der Waals surface area (Å²) in [6.07, 6.45) is 0. The summed E-state index contributed by atoms with van der Waals surface area (Å²) >= 11 is 1.44. The average molecular weight is 359 g/mol.